The average molecular weight is 475 g/mol. The second kappa shape index (κ2) is 12.6. The number of carbonyl (C=O) groups is 4. The second-order valence-electron chi connectivity index (χ2n) is 8.08. The summed E-state index contributed by atoms with van der Waals surface area (Å²) >= 11 is 0. The number of nitrogens with zero attached hydrogens (tertiary/aromatic N) is 1. The Morgan fingerprint density at radius 2 is 1.94 bits per heavy atom. The van der Waals surface area contributed by atoms with Crippen LogP contribution in [0.25, 0.3) is 0 Å². The molecule has 1 aromatic rings. The zero-order chi connectivity index (χ0) is 25.3. The van der Waals surface area contributed by atoms with Crippen molar-refractivity contribution < 1.29 is 28.7 Å². The van der Waals surface area contributed by atoms with Gasteiger partial charge >= 0.3 is 24.0 Å². The van der Waals surface area contributed by atoms with Gasteiger partial charge in [0.2, 0.25) is 0 Å². The molecule has 0 saturated heterocycles. The van der Waals surface area contributed by atoms with Crippen LogP contribution in [-0.4, -0.2) is 54.7 Å². The summed E-state index contributed by atoms with van der Waals surface area (Å²) < 4.78 is 10.3. The third-order valence-electron chi connectivity index (χ3n) is 5.07. The van der Waals surface area contributed by atoms with E-state index in [1.165, 1.54) is 0 Å². The third-order valence-corrected chi connectivity index (χ3v) is 5.07. The number of allylic oxidation sites excluding steroid dienone is 1. The van der Waals surface area contributed by atoms with Gasteiger partial charge in [0.1, 0.15) is 6.54 Å². The van der Waals surface area contributed by atoms with Crippen LogP contribution in [-0.2, 0) is 19.1 Å². The summed E-state index contributed by atoms with van der Waals surface area (Å²) in [5.74, 6) is -1.05. The standard InChI is InChI=1S/C24H34N4O6/c1-6-8-12-28-16(5)20(22(30)34-15(3)4)21(27-24(28)32)17-10-9-11-18(13-17)26-23(31)25-14-19(29)33-7-2/h9-11,13,15,21H,6-8,12,14H2,1-5H3,(H,27,32)(H2,25,26,31). The molecular formula is C24H34N4O6. The van der Waals surface area contributed by atoms with Crippen molar-refractivity contribution in [1.29, 1.82) is 0 Å². The van der Waals surface area contributed by atoms with Crippen LogP contribution in [0.1, 0.15) is 59.1 Å². The van der Waals surface area contributed by atoms with Gasteiger partial charge in [0.25, 0.3) is 0 Å². The van der Waals surface area contributed by atoms with Crippen molar-refractivity contribution in [3.63, 3.8) is 0 Å². The van der Waals surface area contributed by atoms with E-state index < -0.39 is 24.0 Å². The zero-order valence-corrected chi connectivity index (χ0v) is 20.4. The minimum Gasteiger partial charge on any atom is -0.465 e. The van der Waals surface area contributed by atoms with Gasteiger partial charge in [-0.05, 0) is 51.8 Å². The molecule has 1 aliphatic heterocycles. The van der Waals surface area contributed by atoms with Crippen molar-refractivity contribution in [2.45, 2.75) is 59.6 Å². The Morgan fingerprint density at radius 1 is 1.21 bits per heavy atom. The summed E-state index contributed by atoms with van der Waals surface area (Å²) in [5.41, 5.74) is 1.91. The Kier molecular flexibility index (Phi) is 9.91. The largest absolute Gasteiger partial charge is 0.465 e. The summed E-state index contributed by atoms with van der Waals surface area (Å²) in [6.45, 7) is 9.42. The van der Waals surface area contributed by atoms with E-state index in [-0.39, 0.29) is 25.3 Å². The average Bonchev–Trinajstić information content (AvgIpc) is 2.77. The van der Waals surface area contributed by atoms with Crippen LogP contribution in [0.4, 0.5) is 15.3 Å². The van der Waals surface area contributed by atoms with Crippen molar-refractivity contribution >= 4 is 29.7 Å². The highest BCUT2D eigenvalue weighted by Gasteiger charge is 2.36. The highest BCUT2D eigenvalue weighted by Crippen LogP contribution is 2.32. The second-order valence-corrected chi connectivity index (χ2v) is 8.08. The van der Waals surface area contributed by atoms with Crippen molar-refractivity contribution in [3.05, 3.63) is 41.1 Å². The Labute approximate surface area is 200 Å². The molecule has 0 aliphatic carbocycles. The molecule has 34 heavy (non-hydrogen) atoms. The number of hydrogen-bond acceptors (Lipinski definition) is 6. The number of urea groups is 2. The van der Waals surface area contributed by atoms with Gasteiger partial charge in [-0.3, -0.25) is 9.69 Å². The Morgan fingerprint density at radius 3 is 2.59 bits per heavy atom. The van der Waals surface area contributed by atoms with Crippen LogP contribution >= 0.6 is 0 Å². The molecule has 1 aromatic carbocycles. The lowest BCUT2D eigenvalue weighted by molar-refractivity contribution is -0.143. The fraction of sp³-hybridized carbons (Fsp3) is 0.500. The molecule has 0 bridgehead atoms. The van der Waals surface area contributed by atoms with Gasteiger partial charge in [-0.2, -0.15) is 0 Å². The molecule has 10 nitrogen and oxygen atoms in total. The lowest BCUT2D eigenvalue weighted by Gasteiger charge is -2.35. The summed E-state index contributed by atoms with van der Waals surface area (Å²) in [5, 5.41) is 7.96. The van der Waals surface area contributed by atoms with Crippen LogP contribution in [0.2, 0.25) is 0 Å². The Balaban J connectivity index is 2.30. The van der Waals surface area contributed by atoms with E-state index in [9.17, 15) is 19.2 Å². The molecule has 10 heteroatoms. The van der Waals surface area contributed by atoms with Gasteiger partial charge in [0.05, 0.1) is 24.3 Å². The first-order valence-electron chi connectivity index (χ1n) is 11.5. The molecule has 3 N–H and O–H groups in total. The number of rotatable bonds is 10. The smallest absolute Gasteiger partial charge is 0.338 e. The highest BCUT2D eigenvalue weighted by atomic mass is 16.5. The SMILES string of the molecule is CCCCN1C(=O)NC(c2cccc(NC(=O)NCC(=O)OCC)c2)C(C(=O)OC(C)C)=C1C. The number of carbonyl (C=O) groups excluding carboxylic acids is 4. The van der Waals surface area contributed by atoms with E-state index >= 15 is 0 Å². The minimum absolute atomic E-state index is 0.224. The molecule has 4 amide bonds. The number of hydrogen-bond donors (Lipinski definition) is 3. The predicted octanol–water partition coefficient (Wildman–Crippen LogP) is 3.46. The summed E-state index contributed by atoms with van der Waals surface area (Å²) in [4.78, 5) is 51.0. The number of amides is 4. The van der Waals surface area contributed by atoms with Crippen molar-refractivity contribution in [1.82, 2.24) is 15.5 Å². The van der Waals surface area contributed by atoms with Crippen LogP contribution in [0.15, 0.2) is 35.5 Å². The fourth-order valence-corrected chi connectivity index (χ4v) is 3.49. The number of unbranched alkanes of at least 4 members (excludes halogenated alkanes) is 1. The molecule has 0 spiro atoms. The maximum Gasteiger partial charge on any atom is 0.338 e. The van der Waals surface area contributed by atoms with Crippen LogP contribution in [0, 0.1) is 0 Å². The van der Waals surface area contributed by atoms with E-state index in [1.807, 2.05) is 6.92 Å². The molecule has 0 saturated carbocycles. The normalized spacial score (nSPS) is 15.6. The minimum atomic E-state index is -0.749. The Bertz CT molecular complexity index is 943. The van der Waals surface area contributed by atoms with Gasteiger partial charge in [-0.25, -0.2) is 14.4 Å². The first kappa shape index (κ1) is 26.7. The maximum atomic E-state index is 13.0. The Hall–Kier alpha value is -3.56. The fourth-order valence-electron chi connectivity index (χ4n) is 3.49. The van der Waals surface area contributed by atoms with Crippen molar-refractivity contribution in [3.8, 4) is 0 Å². The van der Waals surface area contributed by atoms with E-state index in [4.69, 9.17) is 9.47 Å². The molecule has 0 radical (unpaired) electrons. The number of nitrogens with one attached hydrogen (secondary N) is 3. The first-order chi connectivity index (χ1) is 16.2. The van der Waals surface area contributed by atoms with Crippen molar-refractivity contribution in [2.24, 2.45) is 0 Å². The van der Waals surface area contributed by atoms with Crippen LogP contribution in [0.5, 0.6) is 0 Å². The molecular weight excluding hydrogens is 440 g/mol. The lowest BCUT2D eigenvalue weighted by Crippen LogP contribution is -2.48. The van der Waals surface area contributed by atoms with E-state index in [1.54, 1.807) is 56.9 Å². The van der Waals surface area contributed by atoms with E-state index in [0.29, 0.717) is 29.1 Å². The number of ether oxygens (including phenoxy) is 2. The highest BCUT2D eigenvalue weighted by molar-refractivity contribution is 5.95. The van der Waals surface area contributed by atoms with Crippen LogP contribution < -0.4 is 16.0 Å². The van der Waals surface area contributed by atoms with Gasteiger partial charge in [-0.15, -0.1) is 0 Å². The predicted molar refractivity (Wildman–Crippen MR) is 127 cm³/mol. The van der Waals surface area contributed by atoms with Gasteiger partial charge < -0.3 is 25.4 Å². The first-order valence-corrected chi connectivity index (χ1v) is 11.5. The van der Waals surface area contributed by atoms with Crippen LogP contribution in [0.3, 0.4) is 0 Å². The van der Waals surface area contributed by atoms with Gasteiger partial charge in [0, 0.05) is 17.9 Å². The van der Waals surface area contributed by atoms with Gasteiger partial charge in [0.15, 0.2) is 0 Å². The number of esters is 2. The summed E-state index contributed by atoms with van der Waals surface area (Å²) in [6.07, 6.45) is 1.37. The topological polar surface area (TPSA) is 126 Å². The number of anilines is 1. The molecule has 1 aliphatic rings. The third kappa shape index (κ3) is 7.23. The molecule has 0 fully saturated rings. The lowest BCUT2D eigenvalue weighted by atomic mass is 9.94. The zero-order valence-electron chi connectivity index (χ0n) is 20.4. The molecule has 1 atom stereocenters. The van der Waals surface area contributed by atoms with Gasteiger partial charge in [-0.1, -0.05) is 25.5 Å². The maximum absolute atomic E-state index is 13.0. The van der Waals surface area contributed by atoms with E-state index in [2.05, 4.69) is 16.0 Å². The van der Waals surface area contributed by atoms with E-state index in [0.717, 1.165) is 12.8 Å². The summed E-state index contributed by atoms with van der Waals surface area (Å²) in [6, 6.07) is 5.14. The van der Waals surface area contributed by atoms with Crippen molar-refractivity contribution in [2.75, 3.05) is 25.0 Å². The molecule has 2 rings (SSSR count). The summed E-state index contributed by atoms with van der Waals surface area (Å²) in [7, 11) is 0. The molecule has 1 heterocycles. The molecule has 1 unspecified atom stereocenters. The monoisotopic (exact) mass is 474 g/mol. The molecule has 186 valence electrons. The molecule has 0 aromatic heterocycles. The number of benzene rings is 1. The quantitative estimate of drug-likeness (QED) is 0.446.